The summed E-state index contributed by atoms with van der Waals surface area (Å²) in [5.41, 5.74) is 2.87. The number of nitrogens with one attached hydrogen (secondary N) is 1. The molecule has 0 bridgehead atoms. The van der Waals surface area contributed by atoms with Crippen molar-refractivity contribution in [3.63, 3.8) is 0 Å². The molecule has 1 N–H and O–H groups in total. The summed E-state index contributed by atoms with van der Waals surface area (Å²) in [4.78, 5) is 26.5. The van der Waals surface area contributed by atoms with Gasteiger partial charge in [0.2, 0.25) is 5.91 Å². The van der Waals surface area contributed by atoms with E-state index in [9.17, 15) is 9.59 Å². The van der Waals surface area contributed by atoms with E-state index >= 15 is 0 Å². The van der Waals surface area contributed by atoms with Crippen LogP contribution in [0.25, 0.3) is 6.08 Å². The van der Waals surface area contributed by atoms with Gasteiger partial charge in [0.25, 0.3) is 5.91 Å². The van der Waals surface area contributed by atoms with E-state index < -0.39 is 0 Å². The monoisotopic (exact) mass is 410 g/mol. The number of amides is 2. The quantitative estimate of drug-likeness (QED) is 0.719. The molecule has 0 heterocycles. The zero-order valence-electron chi connectivity index (χ0n) is 18.7. The van der Waals surface area contributed by atoms with E-state index in [2.05, 4.69) is 38.2 Å². The molecule has 0 radical (unpaired) electrons. The van der Waals surface area contributed by atoms with Crippen LogP contribution in [-0.2, 0) is 10.2 Å². The third-order valence-corrected chi connectivity index (χ3v) is 4.62. The van der Waals surface area contributed by atoms with E-state index in [-0.39, 0.29) is 17.2 Å². The lowest BCUT2D eigenvalue weighted by atomic mass is 9.87. The Bertz CT molecular complexity index is 939. The lowest BCUT2D eigenvalue weighted by Gasteiger charge is -2.18. The van der Waals surface area contributed by atoms with Gasteiger partial charge in [0, 0.05) is 26.2 Å². The number of hydrogen-bond donors (Lipinski definition) is 1. The molecule has 0 saturated carbocycles. The van der Waals surface area contributed by atoms with E-state index in [0.29, 0.717) is 22.7 Å². The van der Waals surface area contributed by atoms with Crippen LogP contribution < -0.4 is 14.8 Å². The molecule has 2 aromatic carbocycles. The van der Waals surface area contributed by atoms with Crippen LogP contribution in [0.4, 0.5) is 5.69 Å². The second-order valence-corrected chi connectivity index (χ2v) is 8.15. The Hall–Kier alpha value is -3.28. The van der Waals surface area contributed by atoms with Crippen LogP contribution in [-0.4, -0.2) is 45.0 Å². The number of ether oxygens (including phenoxy) is 2. The Labute approximate surface area is 178 Å². The topological polar surface area (TPSA) is 67.9 Å². The van der Waals surface area contributed by atoms with Crippen LogP contribution in [0.3, 0.4) is 0 Å². The van der Waals surface area contributed by atoms with Crippen LogP contribution in [0.15, 0.2) is 42.5 Å². The molecule has 2 amide bonds. The van der Waals surface area contributed by atoms with Gasteiger partial charge in [-0.2, -0.15) is 0 Å². The van der Waals surface area contributed by atoms with Crippen LogP contribution in [0.2, 0.25) is 0 Å². The standard InChI is InChI=1S/C24H30N2O4/c1-24(2,3)17-11-8-16(9-12-17)10-13-22(27)25-19-15-21(30-7)20(29-6)14-18(19)23(28)26(4)5/h8-15H,1-7H3,(H,25,27)/b13-10+. The van der Waals surface area contributed by atoms with Crippen molar-refractivity contribution in [1.82, 2.24) is 4.90 Å². The second kappa shape index (κ2) is 9.48. The van der Waals surface area contributed by atoms with Gasteiger partial charge >= 0.3 is 0 Å². The smallest absolute Gasteiger partial charge is 0.255 e. The Balaban J connectivity index is 2.26. The molecule has 0 unspecified atom stereocenters. The summed E-state index contributed by atoms with van der Waals surface area (Å²) in [6.45, 7) is 6.46. The molecular weight excluding hydrogens is 380 g/mol. The fraction of sp³-hybridized carbons (Fsp3) is 0.333. The Morgan fingerprint density at radius 1 is 0.967 bits per heavy atom. The third-order valence-electron chi connectivity index (χ3n) is 4.62. The first-order chi connectivity index (χ1) is 14.1. The van der Waals surface area contributed by atoms with Gasteiger partial charge in [-0.3, -0.25) is 9.59 Å². The lowest BCUT2D eigenvalue weighted by molar-refractivity contribution is -0.111. The number of anilines is 1. The molecular formula is C24H30N2O4. The maximum atomic E-state index is 12.6. The van der Waals surface area contributed by atoms with Crippen molar-refractivity contribution in [3.05, 3.63) is 59.2 Å². The summed E-state index contributed by atoms with van der Waals surface area (Å²) < 4.78 is 10.6. The van der Waals surface area contributed by atoms with Gasteiger partial charge < -0.3 is 19.7 Å². The fourth-order valence-electron chi connectivity index (χ4n) is 2.84. The molecule has 0 aromatic heterocycles. The Morgan fingerprint density at radius 3 is 2.03 bits per heavy atom. The van der Waals surface area contributed by atoms with Crippen molar-refractivity contribution in [2.45, 2.75) is 26.2 Å². The first kappa shape index (κ1) is 23.0. The summed E-state index contributed by atoms with van der Waals surface area (Å²) in [5.74, 6) is 0.225. The zero-order chi connectivity index (χ0) is 22.5. The minimum absolute atomic E-state index is 0.0718. The number of rotatable bonds is 6. The third kappa shape index (κ3) is 5.63. The lowest BCUT2D eigenvalue weighted by Crippen LogP contribution is -2.24. The number of methoxy groups -OCH3 is 2. The molecule has 0 aliphatic heterocycles. The highest BCUT2D eigenvalue weighted by Crippen LogP contribution is 2.34. The number of benzene rings is 2. The van der Waals surface area contributed by atoms with E-state index in [4.69, 9.17) is 9.47 Å². The van der Waals surface area contributed by atoms with Gasteiger partial charge in [0.1, 0.15) is 0 Å². The predicted molar refractivity (Wildman–Crippen MR) is 120 cm³/mol. The zero-order valence-corrected chi connectivity index (χ0v) is 18.7. The minimum atomic E-state index is -0.352. The average Bonchev–Trinajstić information content (AvgIpc) is 2.70. The average molecular weight is 411 g/mol. The molecule has 160 valence electrons. The highest BCUT2D eigenvalue weighted by atomic mass is 16.5. The maximum Gasteiger partial charge on any atom is 0.255 e. The first-order valence-electron chi connectivity index (χ1n) is 9.64. The van der Waals surface area contributed by atoms with Gasteiger partial charge in [-0.05, 0) is 28.7 Å². The van der Waals surface area contributed by atoms with E-state index in [1.807, 2.05) is 12.1 Å². The summed E-state index contributed by atoms with van der Waals surface area (Å²) in [6.07, 6.45) is 3.17. The van der Waals surface area contributed by atoms with Crippen molar-refractivity contribution >= 4 is 23.6 Å². The highest BCUT2D eigenvalue weighted by molar-refractivity contribution is 6.08. The SMILES string of the molecule is COc1cc(NC(=O)/C=C/c2ccc(C(C)(C)C)cc2)c(C(=O)N(C)C)cc1OC. The van der Waals surface area contributed by atoms with Gasteiger partial charge in [0.15, 0.2) is 11.5 Å². The molecule has 2 aromatic rings. The van der Waals surface area contributed by atoms with E-state index in [1.54, 1.807) is 32.3 Å². The molecule has 0 fully saturated rings. The summed E-state index contributed by atoms with van der Waals surface area (Å²) >= 11 is 0. The normalized spacial score (nSPS) is 11.3. The van der Waals surface area contributed by atoms with Crippen LogP contribution >= 0.6 is 0 Å². The minimum Gasteiger partial charge on any atom is -0.493 e. The Morgan fingerprint density at radius 2 is 1.53 bits per heavy atom. The van der Waals surface area contributed by atoms with Crippen molar-refractivity contribution in [2.24, 2.45) is 0 Å². The van der Waals surface area contributed by atoms with Gasteiger partial charge in [-0.1, -0.05) is 45.0 Å². The molecule has 30 heavy (non-hydrogen) atoms. The van der Waals surface area contributed by atoms with E-state index in [1.165, 1.54) is 30.8 Å². The molecule has 6 heteroatoms. The maximum absolute atomic E-state index is 12.6. The molecule has 0 saturated heterocycles. The van der Waals surface area contributed by atoms with Crippen molar-refractivity contribution < 1.29 is 19.1 Å². The first-order valence-corrected chi connectivity index (χ1v) is 9.64. The highest BCUT2D eigenvalue weighted by Gasteiger charge is 2.19. The fourth-order valence-corrected chi connectivity index (χ4v) is 2.84. The summed E-state index contributed by atoms with van der Waals surface area (Å²) in [7, 11) is 6.28. The molecule has 0 spiro atoms. The number of nitrogens with zero attached hydrogens (tertiary/aromatic N) is 1. The molecule has 6 nitrogen and oxygen atoms in total. The number of carbonyl (C=O) groups is 2. The van der Waals surface area contributed by atoms with Gasteiger partial charge in [0.05, 0.1) is 25.5 Å². The van der Waals surface area contributed by atoms with E-state index in [0.717, 1.165) is 5.56 Å². The molecule has 0 aliphatic carbocycles. The second-order valence-electron chi connectivity index (χ2n) is 8.15. The van der Waals surface area contributed by atoms with Crippen LogP contribution in [0, 0.1) is 0 Å². The van der Waals surface area contributed by atoms with Crippen molar-refractivity contribution in [2.75, 3.05) is 33.6 Å². The predicted octanol–water partition coefficient (Wildman–Crippen LogP) is 4.36. The summed E-state index contributed by atoms with van der Waals surface area (Å²) in [5, 5.41) is 2.77. The van der Waals surface area contributed by atoms with Gasteiger partial charge in [-0.25, -0.2) is 0 Å². The van der Waals surface area contributed by atoms with Gasteiger partial charge in [-0.15, -0.1) is 0 Å². The summed E-state index contributed by atoms with van der Waals surface area (Å²) in [6, 6.07) is 11.2. The molecule has 0 aliphatic rings. The molecule has 0 atom stereocenters. The molecule has 2 rings (SSSR count). The largest absolute Gasteiger partial charge is 0.493 e. The van der Waals surface area contributed by atoms with Crippen LogP contribution in [0.5, 0.6) is 11.5 Å². The number of hydrogen-bond acceptors (Lipinski definition) is 4. The van der Waals surface area contributed by atoms with Crippen molar-refractivity contribution in [3.8, 4) is 11.5 Å². The van der Waals surface area contributed by atoms with Crippen molar-refractivity contribution in [1.29, 1.82) is 0 Å². The van der Waals surface area contributed by atoms with Crippen LogP contribution in [0.1, 0.15) is 42.3 Å². The number of carbonyl (C=O) groups excluding carboxylic acids is 2. The Kier molecular flexibility index (Phi) is 7.27.